The fourth-order valence-corrected chi connectivity index (χ4v) is 1.58. The van der Waals surface area contributed by atoms with Gasteiger partial charge in [-0.15, -0.1) is 0 Å². The Morgan fingerprint density at radius 1 is 1.47 bits per heavy atom. The van der Waals surface area contributed by atoms with Gasteiger partial charge < -0.3 is 5.11 Å². The number of aliphatic hydroxyl groups is 1. The SMILES string of the molecule is CC(O)c1ccc(-n2cncn2)c(Cl)c1. The first-order valence-electron chi connectivity index (χ1n) is 4.51. The Bertz CT molecular complexity index is 454. The average molecular weight is 224 g/mol. The van der Waals surface area contributed by atoms with Crippen molar-refractivity contribution in [2.45, 2.75) is 13.0 Å². The van der Waals surface area contributed by atoms with Crippen molar-refractivity contribution >= 4 is 11.6 Å². The minimum Gasteiger partial charge on any atom is -0.389 e. The molecule has 0 aliphatic carbocycles. The third kappa shape index (κ3) is 2.00. The van der Waals surface area contributed by atoms with Gasteiger partial charge in [0.15, 0.2) is 0 Å². The predicted octanol–water partition coefficient (Wildman–Crippen LogP) is 1.97. The van der Waals surface area contributed by atoms with Crippen LogP contribution < -0.4 is 0 Å². The molecular formula is C10H10ClN3O. The molecule has 1 aromatic heterocycles. The van der Waals surface area contributed by atoms with E-state index < -0.39 is 6.10 Å². The highest BCUT2D eigenvalue weighted by Gasteiger charge is 2.07. The highest BCUT2D eigenvalue weighted by atomic mass is 35.5. The van der Waals surface area contributed by atoms with E-state index in [0.29, 0.717) is 5.02 Å². The fourth-order valence-electron chi connectivity index (χ4n) is 1.30. The number of aliphatic hydroxyl groups excluding tert-OH is 1. The van der Waals surface area contributed by atoms with Gasteiger partial charge in [0, 0.05) is 0 Å². The maximum atomic E-state index is 9.38. The largest absolute Gasteiger partial charge is 0.389 e. The molecule has 1 N–H and O–H groups in total. The molecular weight excluding hydrogens is 214 g/mol. The smallest absolute Gasteiger partial charge is 0.138 e. The van der Waals surface area contributed by atoms with Crippen LogP contribution in [-0.4, -0.2) is 19.9 Å². The first-order chi connectivity index (χ1) is 7.18. The molecule has 1 aromatic carbocycles. The monoisotopic (exact) mass is 223 g/mol. The van der Waals surface area contributed by atoms with E-state index in [4.69, 9.17) is 11.6 Å². The highest BCUT2D eigenvalue weighted by molar-refractivity contribution is 6.32. The van der Waals surface area contributed by atoms with Crippen molar-refractivity contribution in [3.05, 3.63) is 41.4 Å². The summed E-state index contributed by atoms with van der Waals surface area (Å²) in [6.45, 7) is 1.70. The number of halogens is 1. The molecule has 1 atom stereocenters. The highest BCUT2D eigenvalue weighted by Crippen LogP contribution is 2.23. The maximum absolute atomic E-state index is 9.38. The summed E-state index contributed by atoms with van der Waals surface area (Å²) in [6, 6.07) is 5.34. The van der Waals surface area contributed by atoms with Crippen molar-refractivity contribution in [3.8, 4) is 5.69 Å². The molecule has 0 saturated carbocycles. The van der Waals surface area contributed by atoms with E-state index in [1.807, 2.05) is 6.07 Å². The van der Waals surface area contributed by atoms with Crippen molar-refractivity contribution in [1.82, 2.24) is 14.8 Å². The predicted molar refractivity (Wildman–Crippen MR) is 57.0 cm³/mol. The molecule has 0 aliphatic rings. The Morgan fingerprint density at radius 3 is 2.80 bits per heavy atom. The third-order valence-electron chi connectivity index (χ3n) is 2.12. The molecule has 0 bridgehead atoms. The number of rotatable bonds is 2. The quantitative estimate of drug-likeness (QED) is 0.847. The summed E-state index contributed by atoms with van der Waals surface area (Å²) in [4.78, 5) is 3.84. The topological polar surface area (TPSA) is 50.9 Å². The van der Waals surface area contributed by atoms with Gasteiger partial charge in [-0.3, -0.25) is 0 Å². The van der Waals surface area contributed by atoms with E-state index in [1.165, 1.54) is 6.33 Å². The van der Waals surface area contributed by atoms with Crippen LogP contribution in [-0.2, 0) is 0 Å². The Morgan fingerprint density at radius 2 is 2.27 bits per heavy atom. The Hall–Kier alpha value is -1.39. The van der Waals surface area contributed by atoms with E-state index in [-0.39, 0.29) is 0 Å². The van der Waals surface area contributed by atoms with Crippen LogP contribution in [0.25, 0.3) is 5.69 Å². The molecule has 5 heteroatoms. The second-order valence-electron chi connectivity index (χ2n) is 3.23. The summed E-state index contributed by atoms with van der Waals surface area (Å²) in [5.41, 5.74) is 1.53. The van der Waals surface area contributed by atoms with E-state index >= 15 is 0 Å². The van der Waals surface area contributed by atoms with Crippen LogP contribution in [0.4, 0.5) is 0 Å². The Labute approximate surface area is 92.1 Å². The van der Waals surface area contributed by atoms with Gasteiger partial charge in [-0.1, -0.05) is 17.7 Å². The van der Waals surface area contributed by atoms with E-state index in [0.717, 1.165) is 11.3 Å². The molecule has 2 aromatic rings. The average Bonchev–Trinajstić information content (AvgIpc) is 2.70. The fraction of sp³-hybridized carbons (Fsp3) is 0.200. The van der Waals surface area contributed by atoms with Crippen LogP contribution in [0.2, 0.25) is 5.02 Å². The summed E-state index contributed by atoms with van der Waals surface area (Å²) in [5, 5.41) is 13.9. The number of hydrogen-bond acceptors (Lipinski definition) is 3. The third-order valence-corrected chi connectivity index (χ3v) is 2.42. The standard InChI is InChI=1S/C10H10ClN3O/c1-7(15)8-2-3-10(9(11)4-8)14-6-12-5-13-14/h2-7,15H,1H3. The summed E-state index contributed by atoms with van der Waals surface area (Å²) >= 11 is 6.07. The van der Waals surface area contributed by atoms with Crippen LogP contribution in [0.1, 0.15) is 18.6 Å². The number of aromatic nitrogens is 3. The van der Waals surface area contributed by atoms with Crippen LogP contribution in [0, 0.1) is 0 Å². The zero-order valence-corrected chi connectivity index (χ0v) is 8.89. The number of hydrogen-bond donors (Lipinski definition) is 1. The lowest BCUT2D eigenvalue weighted by atomic mass is 10.1. The van der Waals surface area contributed by atoms with Crippen molar-refractivity contribution in [3.63, 3.8) is 0 Å². The number of nitrogens with zero attached hydrogens (tertiary/aromatic N) is 3. The van der Waals surface area contributed by atoms with Gasteiger partial charge in [-0.2, -0.15) is 5.10 Å². The molecule has 2 rings (SSSR count). The molecule has 15 heavy (non-hydrogen) atoms. The molecule has 78 valence electrons. The molecule has 0 amide bonds. The lowest BCUT2D eigenvalue weighted by Gasteiger charge is -2.08. The van der Waals surface area contributed by atoms with Crippen molar-refractivity contribution in [1.29, 1.82) is 0 Å². The van der Waals surface area contributed by atoms with E-state index in [1.54, 1.807) is 30.1 Å². The zero-order chi connectivity index (χ0) is 10.8. The van der Waals surface area contributed by atoms with Gasteiger partial charge in [-0.05, 0) is 24.6 Å². The van der Waals surface area contributed by atoms with Crippen molar-refractivity contribution in [2.24, 2.45) is 0 Å². The van der Waals surface area contributed by atoms with Crippen LogP contribution in [0.15, 0.2) is 30.9 Å². The van der Waals surface area contributed by atoms with Crippen molar-refractivity contribution < 1.29 is 5.11 Å². The minimum absolute atomic E-state index is 0.521. The minimum atomic E-state index is -0.521. The zero-order valence-electron chi connectivity index (χ0n) is 8.13. The van der Waals surface area contributed by atoms with Gasteiger partial charge >= 0.3 is 0 Å². The van der Waals surface area contributed by atoms with E-state index in [2.05, 4.69) is 10.1 Å². The Balaban J connectivity index is 2.44. The number of benzene rings is 1. The normalized spacial score (nSPS) is 12.7. The van der Waals surface area contributed by atoms with E-state index in [9.17, 15) is 5.11 Å². The molecule has 0 fully saturated rings. The lowest BCUT2D eigenvalue weighted by Crippen LogP contribution is -1.97. The first kappa shape index (κ1) is 10.1. The second kappa shape index (κ2) is 4.00. The van der Waals surface area contributed by atoms with Gasteiger partial charge in [0.2, 0.25) is 0 Å². The first-order valence-corrected chi connectivity index (χ1v) is 4.89. The molecule has 0 aliphatic heterocycles. The molecule has 4 nitrogen and oxygen atoms in total. The molecule has 0 saturated heterocycles. The summed E-state index contributed by atoms with van der Waals surface area (Å²) < 4.78 is 1.58. The maximum Gasteiger partial charge on any atom is 0.138 e. The van der Waals surface area contributed by atoms with Gasteiger partial charge in [0.05, 0.1) is 16.8 Å². The molecule has 0 spiro atoms. The molecule has 0 radical (unpaired) electrons. The summed E-state index contributed by atoms with van der Waals surface area (Å²) in [5.74, 6) is 0. The lowest BCUT2D eigenvalue weighted by molar-refractivity contribution is 0.199. The van der Waals surface area contributed by atoms with Gasteiger partial charge in [0.1, 0.15) is 12.7 Å². The van der Waals surface area contributed by atoms with Crippen molar-refractivity contribution in [2.75, 3.05) is 0 Å². The van der Waals surface area contributed by atoms with Crippen LogP contribution in [0.5, 0.6) is 0 Å². The van der Waals surface area contributed by atoms with Crippen LogP contribution >= 0.6 is 11.6 Å². The summed E-state index contributed by atoms with van der Waals surface area (Å²) in [6.07, 6.45) is 2.50. The van der Waals surface area contributed by atoms with Gasteiger partial charge in [0.25, 0.3) is 0 Å². The van der Waals surface area contributed by atoms with Crippen LogP contribution in [0.3, 0.4) is 0 Å². The summed E-state index contributed by atoms with van der Waals surface area (Å²) in [7, 11) is 0. The molecule has 1 unspecified atom stereocenters. The van der Waals surface area contributed by atoms with Gasteiger partial charge in [-0.25, -0.2) is 9.67 Å². The Kier molecular flexibility index (Phi) is 2.70. The second-order valence-corrected chi connectivity index (χ2v) is 3.63. The molecule has 1 heterocycles.